The molecule has 0 spiro atoms. The van der Waals surface area contributed by atoms with E-state index in [1.165, 1.54) is 21.4 Å². The van der Waals surface area contributed by atoms with E-state index in [0.717, 1.165) is 98.6 Å². The number of imidazole rings is 1. The number of hydrogen-bond donors (Lipinski definition) is 4. The Morgan fingerprint density at radius 3 is 1.42 bits per heavy atom. The maximum atomic E-state index is 13.0. The van der Waals surface area contributed by atoms with Gasteiger partial charge in [-0.1, -0.05) is 136 Å². The Labute approximate surface area is 612 Å². The molecule has 4 aliphatic heterocycles. The van der Waals surface area contributed by atoms with Crippen molar-refractivity contribution in [3.8, 4) is 11.5 Å². The second kappa shape index (κ2) is 37.1. The number of amides is 6. The Balaban J connectivity index is 0.000000312. The van der Waals surface area contributed by atoms with Gasteiger partial charge < -0.3 is 66.0 Å². The molecule has 484 valence electrons. The average Bonchev–Trinajstić information content (AvgIpc) is 1.34. The van der Waals surface area contributed by atoms with Gasteiger partial charge in [-0.25, -0.2) is 29.0 Å². The number of benzene rings is 6. The fraction of sp³-hybridized carbons (Fsp3) is 0.366. The number of carboxylic acid groups (broad SMARTS) is 2. The van der Waals surface area contributed by atoms with Gasteiger partial charge in [0.25, 0.3) is 0 Å². The molecule has 2 fully saturated rings. The number of rotatable bonds is 15. The van der Waals surface area contributed by atoms with Crippen molar-refractivity contribution < 1.29 is 141 Å². The molecule has 6 amide bonds. The molecule has 5 heterocycles. The number of ether oxygens (including phenoxy) is 3. The third kappa shape index (κ3) is 21.2. The number of aliphatic hydroxyl groups is 1. The number of hydrogen-bond acceptors (Lipinski definition) is 12. The van der Waals surface area contributed by atoms with E-state index < -0.39 is 30.2 Å². The number of likely N-dealkylation sites (tertiary alicyclic amines) is 2. The molecule has 4 aliphatic rings. The van der Waals surface area contributed by atoms with Crippen molar-refractivity contribution in [1.82, 2.24) is 29.2 Å². The zero-order valence-corrected chi connectivity index (χ0v) is 57.8. The zero-order valence-electron chi connectivity index (χ0n) is 53.7. The smallest absolute Gasteiger partial charge is 1.00 e. The van der Waals surface area contributed by atoms with Gasteiger partial charge in [-0.05, 0) is 134 Å². The molecule has 7 aromatic rings. The zero-order chi connectivity index (χ0) is 63.0. The Hall–Kier alpha value is -7.05. The first-order valence-corrected chi connectivity index (χ1v) is 30.2. The van der Waals surface area contributed by atoms with Gasteiger partial charge in [0.05, 0.1) is 12.1 Å². The standard InChI is InChI=1S/C33H37N3O6.C18H21N5O2.C18H20O4.2CH4.K.Na.H/c1-22-18-25(19-23(2)30(22)41-21-24-8-4-3-5-9-24)20-29(31(37)38)42-33(40)35-15-13-27(14-16-35)36-17-12-26-10-6-7-11-28(26)34-32(36)39;24-17-20-16-4-2-1-3-14(16)5-11-23(17)15-6-9-21(10-7-15)18(25)22-12-8-19-13-22;1-12-8-15(10-16(19)18(20)21)9-13(2)17(12)22-11-14-6-4-3-5-7-14;;;;;/h3-11,18-19,27,29H,12-17,20-21H2,1-2H3,(H,34,39)(H,37,38);1-4,8,12-13,15H,5-7,9-11H2,(H,20,24);3-9,16,19H,10-11H2,1-2H3,(H,20,21);2*1H4;;;/q;;;;;2*+1;-1/p-1/t29-;;16-;;;;;/m1.1...../s1. The number of aromatic nitrogens is 2. The fourth-order valence-corrected chi connectivity index (χ4v) is 11.9. The normalized spacial score (nSPS) is 15.1. The summed E-state index contributed by atoms with van der Waals surface area (Å²) in [5.41, 5.74) is 11.3. The molecular formula is C71H86KN8NaO12. The number of piperidine rings is 2. The van der Waals surface area contributed by atoms with Crippen molar-refractivity contribution in [2.75, 3.05) is 49.9 Å². The van der Waals surface area contributed by atoms with Crippen molar-refractivity contribution in [3.05, 3.63) is 208 Å². The van der Waals surface area contributed by atoms with E-state index in [9.17, 15) is 44.1 Å². The number of aryl methyl sites for hydroxylation is 4. The molecular weight excluding hydrogens is 1220 g/mol. The third-order valence-electron chi connectivity index (χ3n) is 16.5. The van der Waals surface area contributed by atoms with Gasteiger partial charge in [-0.3, -0.25) is 4.57 Å². The molecule has 1 aromatic heterocycles. The van der Waals surface area contributed by atoms with E-state index in [1.54, 1.807) is 12.4 Å². The van der Waals surface area contributed by atoms with Crippen LogP contribution in [-0.4, -0.2) is 139 Å². The van der Waals surface area contributed by atoms with Crippen molar-refractivity contribution in [3.63, 3.8) is 0 Å². The van der Waals surface area contributed by atoms with Crippen molar-refractivity contribution >= 4 is 47.5 Å². The van der Waals surface area contributed by atoms with Crippen molar-refractivity contribution in [2.45, 2.75) is 131 Å². The first-order chi connectivity index (χ1) is 43.0. The van der Waals surface area contributed by atoms with Gasteiger partial charge in [-0.15, -0.1) is 0 Å². The van der Waals surface area contributed by atoms with Crippen LogP contribution in [0.3, 0.4) is 0 Å². The minimum absolute atomic E-state index is 0. The number of nitrogens with one attached hydrogen (secondary N) is 2. The second-order valence-corrected chi connectivity index (χ2v) is 22.9. The maximum absolute atomic E-state index is 13.0. The van der Waals surface area contributed by atoms with Gasteiger partial charge in [0.15, 0.2) is 0 Å². The van der Waals surface area contributed by atoms with Crippen LogP contribution in [0.1, 0.15) is 97.6 Å². The number of aliphatic hydroxyl groups excluding tert-OH is 1. The summed E-state index contributed by atoms with van der Waals surface area (Å²) in [6.45, 7) is 12.0. The number of fused-ring (bicyclic) bond motifs is 2. The van der Waals surface area contributed by atoms with Crippen LogP contribution in [0.2, 0.25) is 0 Å². The van der Waals surface area contributed by atoms with Crippen LogP contribution in [0.4, 0.5) is 30.6 Å². The number of urea groups is 2. The Morgan fingerprint density at radius 2 is 1.01 bits per heavy atom. The summed E-state index contributed by atoms with van der Waals surface area (Å²) < 4.78 is 18.9. The van der Waals surface area contributed by atoms with E-state index in [1.807, 2.05) is 170 Å². The quantitative estimate of drug-likeness (QED) is 0.0999. The summed E-state index contributed by atoms with van der Waals surface area (Å²) >= 11 is 0. The molecule has 4 N–H and O–H groups in total. The second-order valence-electron chi connectivity index (χ2n) is 22.9. The predicted molar refractivity (Wildman–Crippen MR) is 348 cm³/mol. The molecule has 0 radical (unpaired) electrons. The van der Waals surface area contributed by atoms with Crippen LogP contribution in [-0.2, 0) is 53.2 Å². The monoisotopic (exact) mass is 1300 g/mol. The van der Waals surface area contributed by atoms with Crippen molar-refractivity contribution in [1.29, 1.82) is 0 Å². The SMILES string of the molecule is C.C.Cc1cc(C[C@@H](O)C(=O)[O-])cc(C)c1OCc1ccccc1.Cc1cc(C[C@@H](OC(=O)N2CCC(N3CCc4ccccc4NC3=O)CC2)C(=O)O)cc(C)c1OCc1ccccc1.O=C1Nc2ccccc2CCN1C1CCN(C(=O)n2ccnc2)CC1.[H-].[K+].[Na+]. The molecule has 22 heteroatoms. The molecule has 20 nitrogen and oxygen atoms in total. The van der Waals surface area contributed by atoms with E-state index in [2.05, 4.69) is 21.7 Å². The third-order valence-corrected chi connectivity index (χ3v) is 16.5. The van der Waals surface area contributed by atoms with Gasteiger partial charge in [-0.2, -0.15) is 0 Å². The van der Waals surface area contributed by atoms with Gasteiger partial charge >= 0.3 is 111 Å². The van der Waals surface area contributed by atoms with Gasteiger partial charge in [0.2, 0.25) is 6.10 Å². The van der Waals surface area contributed by atoms with Gasteiger partial charge in [0.1, 0.15) is 31.0 Å². The summed E-state index contributed by atoms with van der Waals surface area (Å²) in [5.74, 6) is -1.11. The first-order valence-electron chi connectivity index (χ1n) is 30.2. The first kappa shape index (κ1) is 76.7. The van der Waals surface area contributed by atoms with E-state index in [4.69, 9.17) is 14.2 Å². The van der Waals surface area contributed by atoms with Crippen LogP contribution in [0.25, 0.3) is 0 Å². The maximum Gasteiger partial charge on any atom is 1.00 e. The Bertz CT molecular complexity index is 3550. The van der Waals surface area contributed by atoms with Crippen LogP contribution < -0.4 is 106 Å². The number of aliphatic carboxylic acids is 2. The van der Waals surface area contributed by atoms with Crippen molar-refractivity contribution in [2.24, 2.45) is 0 Å². The summed E-state index contributed by atoms with van der Waals surface area (Å²) in [5, 5.41) is 35.9. The molecule has 0 unspecified atom stereocenters. The number of nitrogens with zero attached hydrogens (tertiary/aromatic N) is 6. The van der Waals surface area contributed by atoms with E-state index in [-0.39, 0.29) is 140 Å². The van der Waals surface area contributed by atoms with Crippen LogP contribution >= 0.6 is 0 Å². The minimum Gasteiger partial charge on any atom is -1.00 e. The molecule has 0 saturated carbocycles. The Kier molecular flexibility index (Phi) is 30.6. The van der Waals surface area contributed by atoms with E-state index >= 15 is 0 Å². The number of carboxylic acids is 2. The Morgan fingerprint density at radius 1 is 0.602 bits per heavy atom. The predicted octanol–water partition coefficient (Wildman–Crippen LogP) is 4.90. The number of anilines is 2. The van der Waals surface area contributed by atoms with Gasteiger partial charge in [0, 0.05) is 88.0 Å². The van der Waals surface area contributed by atoms with Crippen LogP contribution in [0, 0.1) is 27.7 Å². The fourth-order valence-electron chi connectivity index (χ4n) is 11.9. The molecule has 0 aliphatic carbocycles. The van der Waals surface area contributed by atoms with Crippen LogP contribution in [0.5, 0.6) is 11.5 Å². The van der Waals surface area contributed by atoms with E-state index in [0.29, 0.717) is 65.3 Å². The minimum atomic E-state index is -1.49. The largest absolute Gasteiger partial charge is 1.00 e. The number of para-hydroxylation sites is 2. The van der Waals surface area contributed by atoms with Crippen LogP contribution in [0.15, 0.2) is 152 Å². The summed E-state index contributed by atoms with van der Waals surface area (Å²) in [4.78, 5) is 84.6. The topological polar surface area (TPSA) is 248 Å². The molecule has 0 bridgehead atoms. The number of carbonyl (C=O) groups excluding carboxylic acids is 5. The summed E-state index contributed by atoms with van der Waals surface area (Å²) in [6, 6.07) is 42.9. The molecule has 2 atom stereocenters. The summed E-state index contributed by atoms with van der Waals surface area (Å²) in [7, 11) is 0. The molecule has 2 saturated heterocycles. The molecule has 6 aromatic carbocycles. The average molecular weight is 1310 g/mol. The summed E-state index contributed by atoms with van der Waals surface area (Å²) in [6.07, 6.45) is 5.80. The number of carbonyl (C=O) groups is 6. The molecule has 11 rings (SSSR count). The molecule has 93 heavy (non-hydrogen) atoms.